The Bertz CT molecular complexity index is 573. The van der Waals surface area contributed by atoms with Crippen LogP contribution in [0.4, 0.5) is 8.78 Å². The number of benzene rings is 2. The lowest BCUT2D eigenvalue weighted by atomic mass is 10.0. The van der Waals surface area contributed by atoms with Crippen molar-refractivity contribution >= 4 is 6.21 Å². The fourth-order valence-electron chi connectivity index (χ4n) is 1.89. The van der Waals surface area contributed by atoms with Crippen molar-refractivity contribution in [3.05, 3.63) is 71.8 Å². The zero-order valence-electron chi connectivity index (χ0n) is 11.2. The van der Waals surface area contributed by atoms with E-state index < -0.39 is 12.0 Å². The van der Waals surface area contributed by atoms with Gasteiger partial charge in [-0.2, -0.15) is 8.78 Å². The highest BCUT2D eigenvalue weighted by Crippen LogP contribution is 2.33. The van der Waals surface area contributed by atoms with Crippen LogP contribution in [0, 0.1) is 0 Å². The third-order valence-corrected chi connectivity index (χ3v) is 2.99. The molecule has 0 radical (unpaired) electrons. The van der Waals surface area contributed by atoms with Crippen molar-refractivity contribution in [3.63, 3.8) is 0 Å². The van der Waals surface area contributed by atoms with E-state index >= 15 is 0 Å². The molecule has 3 nitrogen and oxygen atoms in total. The first-order valence-corrected chi connectivity index (χ1v) is 6.41. The predicted octanol–water partition coefficient (Wildman–Crippen LogP) is 3.82. The molecule has 0 saturated carbocycles. The molecular formula is C16H15F2NO2. The molecular weight excluding hydrogens is 276 g/mol. The van der Waals surface area contributed by atoms with Gasteiger partial charge >= 0.3 is 5.92 Å². The maximum atomic E-state index is 14.4. The summed E-state index contributed by atoms with van der Waals surface area (Å²) in [5, 5.41) is 11.3. The Morgan fingerprint density at radius 3 is 2.19 bits per heavy atom. The van der Waals surface area contributed by atoms with Gasteiger partial charge in [0.1, 0.15) is 0 Å². The Kier molecular flexibility index (Phi) is 5.00. The lowest BCUT2D eigenvalue weighted by Gasteiger charge is -2.24. The van der Waals surface area contributed by atoms with E-state index in [4.69, 9.17) is 9.94 Å². The zero-order chi connectivity index (χ0) is 15.1. The number of rotatable bonds is 6. The molecule has 2 aromatic rings. The van der Waals surface area contributed by atoms with Crippen LogP contribution in [0.15, 0.2) is 65.8 Å². The number of oxime groups is 1. The van der Waals surface area contributed by atoms with Crippen LogP contribution in [-0.2, 0) is 17.3 Å². The van der Waals surface area contributed by atoms with Crippen molar-refractivity contribution in [2.75, 3.05) is 0 Å². The first-order chi connectivity index (χ1) is 10.1. The molecule has 0 amide bonds. The maximum Gasteiger partial charge on any atom is 0.303 e. The van der Waals surface area contributed by atoms with Crippen molar-refractivity contribution in [2.24, 2.45) is 5.16 Å². The van der Waals surface area contributed by atoms with Crippen molar-refractivity contribution in [1.82, 2.24) is 0 Å². The average molecular weight is 291 g/mol. The minimum Gasteiger partial charge on any atom is -0.411 e. The number of alkyl halides is 2. The Morgan fingerprint density at radius 2 is 1.62 bits per heavy atom. The molecule has 5 heteroatoms. The topological polar surface area (TPSA) is 41.8 Å². The Balaban J connectivity index is 2.15. The first-order valence-electron chi connectivity index (χ1n) is 6.41. The van der Waals surface area contributed by atoms with Gasteiger partial charge in [0, 0.05) is 5.56 Å². The number of halogens is 2. The number of hydrogen-bond acceptors (Lipinski definition) is 3. The molecule has 0 bridgehead atoms. The summed E-state index contributed by atoms with van der Waals surface area (Å²) in [7, 11) is 0. The second kappa shape index (κ2) is 6.95. The number of hydrogen-bond donors (Lipinski definition) is 1. The molecule has 0 aliphatic heterocycles. The Hall–Kier alpha value is -2.27. The smallest absolute Gasteiger partial charge is 0.303 e. The predicted molar refractivity (Wildman–Crippen MR) is 75.6 cm³/mol. The number of ether oxygens (including phenoxy) is 1. The normalized spacial score (nSPS) is 13.4. The fraction of sp³-hybridized carbons (Fsp3) is 0.188. The quantitative estimate of drug-likeness (QED) is 0.499. The Morgan fingerprint density at radius 1 is 1.05 bits per heavy atom. The van der Waals surface area contributed by atoms with E-state index in [0.717, 1.165) is 5.56 Å². The van der Waals surface area contributed by atoms with Gasteiger partial charge in [0.2, 0.25) is 0 Å². The van der Waals surface area contributed by atoms with Gasteiger partial charge in [-0.05, 0) is 5.56 Å². The van der Waals surface area contributed by atoms with Crippen LogP contribution in [0.2, 0.25) is 0 Å². The largest absolute Gasteiger partial charge is 0.411 e. The third kappa shape index (κ3) is 3.86. The van der Waals surface area contributed by atoms with Gasteiger partial charge in [0.25, 0.3) is 0 Å². The van der Waals surface area contributed by atoms with Gasteiger partial charge in [-0.1, -0.05) is 65.8 Å². The summed E-state index contributed by atoms with van der Waals surface area (Å²) in [6.07, 6.45) is -0.944. The molecule has 0 aliphatic rings. The molecule has 1 N–H and O–H groups in total. The molecule has 0 aromatic heterocycles. The summed E-state index contributed by atoms with van der Waals surface area (Å²) in [4.78, 5) is 0. The van der Waals surface area contributed by atoms with Crippen LogP contribution >= 0.6 is 0 Å². The van der Waals surface area contributed by atoms with Crippen LogP contribution in [0.5, 0.6) is 0 Å². The minimum absolute atomic E-state index is 0.0000494. The van der Waals surface area contributed by atoms with Gasteiger partial charge in [-0.3, -0.25) is 0 Å². The van der Waals surface area contributed by atoms with E-state index in [-0.39, 0.29) is 12.2 Å². The zero-order valence-corrected chi connectivity index (χ0v) is 11.2. The molecule has 1 atom stereocenters. The highest BCUT2D eigenvalue weighted by atomic mass is 19.3. The monoisotopic (exact) mass is 291 g/mol. The van der Waals surface area contributed by atoms with Crippen molar-refractivity contribution in [1.29, 1.82) is 0 Å². The first kappa shape index (κ1) is 15.1. The summed E-state index contributed by atoms with van der Waals surface area (Å²) in [5.41, 5.74) is 0.570. The molecule has 0 saturated heterocycles. The van der Waals surface area contributed by atoms with E-state index in [0.29, 0.717) is 6.21 Å². The summed E-state index contributed by atoms with van der Waals surface area (Å²) in [6.45, 7) is -0.0000494. The summed E-state index contributed by atoms with van der Waals surface area (Å²) < 4.78 is 34.0. The van der Waals surface area contributed by atoms with Gasteiger partial charge in [-0.25, -0.2) is 0 Å². The van der Waals surface area contributed by atoms with E-state index in [9.17, 15) is 8.78 Å². The van der Waals surface area contributed by atoms with Gasteiger partial charge in [0.05, 0.1) is 12.8 Å². The van der Waals surface area contributed by atoms with Gasteiger partial charge < -0.3 is 9.94 Å². The van der Waals surface area contributed by atoms with Crippen molar-refractivity contribution in [2.45, 2.75) is 18.6 Å². The highest BCUT2D eigenvalue weighted by molar-refractivity contribution is 5.64. The van der Waals surface area contributed by atoms with Crippen molar-refractivity contribution in [3.8, 4) is 0 Å². The molecule has 0 spiro atoms. The third-order valence-electron chi connectivity index (χ3n) is 2.99. The molecule has 2 rings (SSSR count). The second-order valence-electron chi connectivity index (χ2n) is 4.47. The van der Waals surface area contributed by atoms with E-state index in [1.165, 1.54) is 24.3 Å². The number of nitrogens with zero attached hydrogens (tertiary/aromatic N) is 1. The van der Waals surface area contributed by atoms with E-state index in [1.54, 1.807) is 30.3 Å². The molecule has 2 aromatic carbocycles. The van der Waals surface area contributed by atoms with Gasteiger partial charge in [0.15, 0.2) is 6.10 Å². The molecule has 0 fully saturated rings. The van der Waals surface area contributed by atoms with Crippen LogP contribution < -0.4 is 0 Å². The van der Waals surface area contributed by atoms with E-state index in [2.05, 4.69) is 5.16 Å². The second-order valence-corrected chi connectivity index (χ2v) is 4.47. The Labute approximate surface area is 121 Å². The average Bonchev–Trinajstić information content (AvgIpc) is 2.53. The van der Waals surface area contributed by atoms with Gasteiger partial charge in [-0.15, -0.1) is 0 Å². The maximum absolute atomic E-state index is 14.4. The van der Waals surface area contributed by atoms with Crippen LogP contribution in [0.1, 0.15) is 11.1 Å². The van der Waals surface area contributed by atoms with Crippen LogP contribution in [0.3, 0.4) is 0 Å². The molecule has 0 aliphatic carbocycles. The lowest BCUT2D eigenvalue weighted by molar-refractivity contribution is -0.116. The summed E-state index contributed by atoms with van der Waals surface area (Å²) >= 11 is 0. The highest BCUT2D eigenvalue weighted by Gasteiger charge is 2.41. The molecule has 0 heterocycles. The fourth-order valence-corrected chi connectivity index (χ4v) is 1.89. The van der Waals surface area contributed by atoms with E-state index in [1.807, 2.05) is 6.07 Å². The van der Waals surface area contributed by atoms with Crippen LogP contribution in [-0.4, -0.2) is 17.5 Å². The minimum atomic E-state index is -3.29. The SMILES string of the molecule is O/N=C/[C@@H](OCc1ccccc1)C(F)(F)c1ccccc1. The van der Waals surface area contributed by atoms with Crippen molar-refractivity contribution < 1.29 is 18.7 Å². The molecule has 0 unspecified atom stereocenters. The van der Waals surface area contributed by atoms with Crippen LogP contribution in [0.25, 0.3) is 0 Å². The summed E-state index contributed by atoms with van der Waals surface area (Å²) in [5.74, 6) is -3.29. The molecule has 110 valence electrons. The molecule has 21 heavy (non-hydrogen) atoms. The lowest BCUT2D eigenvalue weighted by Crippen LogP contribution is -2.35. The standard InChI is InChI=1S/C16H15F2NO2/c17-16(18,14-9-5-2-6-10-14)15(11-19-20)21-12-13-7-3-1-4-8-13/h1-11,15,20H,12H2/b19-11+/t15-/m1/s1. The summed E-state index contributed by atoms with van der Waals surface area (Å²) in [6, 6.07) is 16.3.